The van der Waals surface area contributed by atoms with Gasteiger partial charge in [0.1, 0.15) is 11.5 Å². The average Bonchev–Trinajstić information content (AvgIpc) is 2.30. The van der Waals surface area contributed by atoms with Gasteiger partial charge in [-0.3, -0.25) is 0 Å². The Morgan fingerprint density at radius 3 is 2.35 bits per heavy atom. The minimum absolute atomic E-state index is 0.0757. The van der Waals surface area contributed by atoms with E-state index in [1.165, 1.54) is 0 Å². The maximum Gasteiger partial charge on any atom is 0.128 e. The Morgan fingerprint density at radius 1 is 1.06 bits per heavy atom. The molecule has 0 aliphatic heterocycles. The van der Waals surface area contributed by atoms with E-state index in [4.69, 9.17) is 22.1 Å². The molecule has 2 aromatic carbocycles. The fraction of sp³-hybridized carbons (Fsp3) is 0.143. The summed E-state index contributed by atoms with van der Waals surface area (Å²) in [5.41, 5.74) is 6.72. The first-order valence-corrected chi connectivity index (χ1v) is 5.82. The normalized spacial score (nSPS) is 12.2. The van der Waals surface area contributed by atoms with Crippen molar-refractivity contribution in [2.75, 3.05) is 0 Å². The molecule has 0 bridgehead atoms. The summed E-state index contributed by atoms with van der Waals surface area (Å²) in [4.78, 5) is 0. The van der Waals surface area contributed by atoms with Crippen molar-refractivity contribution < 1.29 is 4.74 Å². The smallest absolute Gasteiger partial charge is 0.128 e. The third kappa shape index (κ3) is 2.99. The average molecular weight is 248 g/mol. The summed E-state index contributed by atoms with van der Waals surface area (Å²) in [6.07, 6.45) is 0. The van der Waals surface area contributed by atoms with E-state index in [2.05, 4.69) is 0 Å². The molecule has 0 saturated carbocycles. The summed E-state index contributed by atoms with van der Waals surface area (Å²) in [5, 5.41) is 0.633. The van der Waals surface area contributed by atoms with Crippen molar-refractivity contribution in [2.24, 2.45) is 5.73 Å². The van der Waals surface area contributed by atoms with Crippen LogP contribution < -0.4 is 10.5 Å². The molecule has 0 amide bonds. The highest BCUT2D eigenvalue weighted by molar-refractivity contribution is 6.31. The van der Waals surface area contributed by atoms with Crippen LogP contribution in [0.25, 0.3) is 0 Å². The zero-order valence-corrected chi connectivity index (χ0v) is 10.3. The van der Waals surface area contributed by atoms with E-state index < -0.39 is 0 Å². The Hall–Kier alpha value is -1.51. The summed E-state index contributed by atoms with van der Waals surface area (Å²) >= 11 is 6.13. The lowest BCUT2D eigenvalue weighted by atomic mass is 10.1. The van der Waals surface area contributed by atoms with Crippen molar-refractivity contribution in [3.63, 3.8) is 0 Å². The maximum atomic E-state index is 6.13. The predicted molar refractivity (Wildman–Crippen MR) is 70.6 cm³/mol. The second-order valence-electron chi connectivity index (χ2n) is 3.89. The summed E-state index contributed by atoms with van der Waals surface area (Å²) in [5.74, 6) is 1.50. The lowest BCUT2D eigenvalue weighted by molar-refractivity contribution is 0.482. The zero-order chi connectivity index (χ0) is 12.3. The van der Waals surface area contributed by atoms with Gasteiger partial charge in [-0.15, -0.1) is 0 Å². The van der Waals surface area contributed by atoms with Crippen LogP contribution in [-0.4, -0.2) is 0 Å². The van der Waals surface area contributed by atoms with Gasteiger partial charge < -0.3 is 10.5 Å². The molecular formula is C14H14ClNO. The fourth-order valence-corrected chi connectivity index (χ4v) is 1.91. The van der Waals surface area contributed by atoms with Gasteiger partial charge in [0.2, 0.25) is 0 Å². The molecule has 0 spiro atoms. The number of hydrogen-bond acceptors (Lipinski definition) is 2. The predicted octanol–water partition coefficient (Wildman–Crippen LogP) is 4.15. The molecule has 3 heteroatoms. The number of halogens is 1. The SMILES string of the molecule is CC(N)c1ccc(Oc2ccccc2)cc1Cl. The van der Waals surface area contributed by atoms with E-state index in [1.54, 1.807) is 6.07 Å². The van der Waals surface area contributed by atoms with Gasteiger partial charge in [-0.05, 0) is 36.8 Å². The third-order valence-corrected chi connectivity index (χ3v) is 2.77. The summed E-state index contributed by atoms with van der Waals surface area (Å²) in [6, 6.07) is 15.1. The van der Waals surface area contributed by atoms with Crippen molar-refractivity contribution in [2.45, 2.75) is 13.0 Å². The van der Waals surface area contributed by atoms with Crippen LogP contribution in [0, 0.1) is 0 Å². The molecule has 2 nitrogen and oxygen atoms in total. The molecule has 2 rings (SSSR count). The van der Waals surface area contributed by atoms with Crippen molar-refractivity contribution in [1.82, 2.24) is 0 Å². The highest BCUT2D eigenvalue weighted by Crippen LogP contribution is 2.28. The molecule has 0 radical (unpaired) electrons. The van der Waals surface area contributed by atoms with E-state index in [-0.39, 0.29) is 6.04 Å². The molecule has 1 atom stereocenters. The molecule has 1 unspecified atom stereocenters. The second kappa shape index (κ2) is 5.21. The van der Waals surface area contributed by atoms with Crippen molar-refractivity contribution in [3.05, 3.63) is 59.1 Å². The van der Waals surface area contributed by atoms with Gasteiger partial charge in [-0.1, -0.05) is 35.9 Å². The van der Waals surface area contributed by atoms with Gasteiger partial charge in [0, 0.05) is 11.1 Å². The number of nitrogens with two attached hydrogens (primary N) is 1. The molecule has 0 aliphatic carbocycles. The van der Waals surface area contributed by atoms with Crippen LogP contribution in [0.5, 0.6) is 11.5 Å². The van der Waals surface area contributed by atoms with Crippen LogP contribution in [0.1, 0.15) is 18.5 Å². The van der Waals surface area contributed by atoms with E-state index in [1.807, 2.05) is 49.4 Å². The molecule has 0 aliphatic rings. The van der Waals surface area contributed by atoms with E-state index in [9.17, 15) is 0 Å². The fourth-order valence-electron chi connectivity index (χ4n) is 1.57. The third-order valence-electron chi connectivity index (χ3n) is 2.44. The molecule has 2 N–H and O–H groups in total. The van der Waals surface area contributed by atoms with Crippen LogP contribution in [-0.2, 0) is 0 Å². The Bertz CT molecular complexity index is 497. The van der Waals surface area contributed by atoms with Crippen LogP contribution >= 0.6 is 11.6 Å². The number of hydrogen-bond donors (Lipinski definition) is 1. The minimum atomic E-state index is -0.0757. The van der Waals surface area contributed by atoms with Crippen LogP contribution in [0.4, 0.5) is 0 Å². The number of benzene rings is 2. The monoisotopic (exact) mass is 247 g/mol. The van der Waals surface area contributed by atoms with E-state index >= 15 is 0 Å². The molecule has 17 heavy (non-hydrogen) atoms. The maximum absolute atomic E-state index is 6.13. The Labute approximate surface area is 106 Å². The highest BCUT2D eigenvalue weighted by Gasteiger charge is 2.06. The highest BCUT2D eigenvalue weighted by atomic mass is 35.5. The molecule has 0 saturated heterocycles. The first-order valence-electron chi connectivity index (χ1n) is 5.45. The topological polar surface area (TPSA) is 35.2 Å². The summed E-state index contributed by atoms with van der Waals surface area (Å²) < 4.78 is 5.67. The van der Waals surface area contributed by atoms with E-state index in [0.29, 0.717) is 10.8 Å². The van der Waals surface area contributed by atoms with Gasteiger partial charge in [-0.25, -0.2) is 0 Å². The zero-order valence-electron chi connectivity index (χ0n) is 9.56. The largest absolute Gasteiger partial charge is 0.457 e. The molecule has 88 valence electrons. The quantitative estimate of drug-likeness (QED) is 0.884. The Morgan fingerprint density at radius 2 is 1.76 bits per heavy atom. The Kier molecular flexibility index (Phi) is 3.67. The van der Waals surface area contributed by atoms with Crippen LogP contribution in [0.3, 0.4) is 0 Å². The first kappa shape index (κ1) is 12.0. The van der Waals surface area contributed by atoms with Gasteiger partial charge >= 0.3 is 0 Å². The summed E-state index contributed by atoms with van der Waals surface area (Å²) in [6.45, 7) is 1.90. The lowest BCUT2D eigenvalue weighted by Crippen LogP contribution is -2.05. The van der Waals surface area contributed by atoms with Gasteiger partial charge in [0.05, 0.1) is 0 Å². The van der Waals surface area contributed by atoms with Gasteiger partial charge in [0.15, 0.2) is 0 Å². The van der Waals surface area contributed by atoms with Crippen molar-refractivity contribution in [3.8, 4) is 11.5 Å². The summed E-state index contributed by atoms with van der Waals surface area (Å²) in [7, 11) is 0. The van der Waals surface area contributed by atoms with Gasteiger partial charge in [0.25, 0.3) is 0 Å². The molecule has 0 aromatic heterocycles. The lowest BCUT2D eigenvalue weighted by Gasteiger charge is -2.10. The van der Waals surface area contributed by atoms with E-state index in [0.717, 1.165) is 11.3 Å². The van der Waals surface area contributed by atoms with Crippen molar-refractivity contribution in [1.29, 1.82) is 0 Å². The molecule has 0 heterocycles. The Balaban J connectivity index is 2.21. The van der Waals surface area contributed by atoms with Crippen molar-refractivity contribution >= 4 is 11.6 Å². The standard InChI is InChI=1S/C14H14ClNO/c1-10(16)13-8-7-12(9-14(13)15)17-11-5-3-2-4-6-11/h2-10H,16H2,1H3. The van der Waals surface area contributed by atoms with Crippen LogP contribution in [0.15, 0.2) is 48.5 Å². The minimum Gasteiger partial charge on any atom is -0.457 e. The molecular weight excluding hydrogens is 234 g/mol. The molecule has 2 aromatic rings. The number of rotatable bonds is 3. The van der Waals surface area contributed by atoms with Crippen LogP contribution in [0.2, 0.25) is 5.02 Å². The number of para-hydroxylation sites is 1. The number of ether oxygens (including phenoxy) is 1. The second-order valence-corrected chi connectivity index (χ2v) is 4.29. The van der Waals surface area contributed by atoms with Gasteiger partial charge in [-0.2, -0.15) is 0 Å². The molecule has 0 fully saturated rings. The first-order chi connectivity index (χ1) is 8.16.